The van der Waals surface area contributed by atoms with Gasteiger partial charge in [0.05, 0.1) is 31.9 Å². The van der Waals surface area contributed by atoms with Gasteiger partial charge in [-0.15, -0.1) is 0 Å². The summed E-state index contributed by atoms with van der Waals surface area (Å²) in [6.07, 6.45) is 2.07. The molecule has 0 fully saturated rings. The molecule has 1 aromatic carbocycles. The van der Waals surface area contributed by atoms with Gasteiger partial charge in [-0.1, -0.05) is 0 Å². The normalized spacial score (nSPS) is 9.72. The number of aryl methyl sites for hydroxylation is 1. The van der Waals surface area contributed by atoms with E-state index in [2.05, 4.69) is 22.0 Å². The first-order chi connectivity index (χ1) is 8.69. The molecule has 0 aromatic heterocycles. The molecule has 18 heavy (non-hydrogen) atoms. The maximum Gasteiger partial charge on any atom is 0.204 e. The van der Waals surface area contributed by atoms with Gasteiger partial charge in [-0.05, 0) is 40.4 Å². The highest BCUT2D eigenvalue weighted by molar-refractivity contribution is 9.10. The van der Waals surface area contributed by atoms with E-state index < -0.39 is 0 Å². The fourth-order valence-corrected chi connectivity index (χ4v) is 2.40. The average Bonchev–Trinajstić information content (AvgIpc) is 2.38. The zero-order valence-electron chi connectivity index (χ0n) is 10.7. The summed E-state index contributed by atoms with van der Waals surface area (Å²) in [7, 11) is 4.75. The van der Waals surface area contributed by atoms with Gasteiger partial charge in [0.1, 0.15) is 0 Å². The predicted molar refractivity (Wildman–Crippen MR) is 72.3 cm³/mol. The molecule has 0 heterocycles. The second-order valence-corrected chi connectivity index (χ2v) is 4.48. The van der Waals surface area contributed by atoms with Gasteiger partial charge in [-0.25, -0.2) is 0 Å². The van der Waals surface area contributed by atoms with Crippen LogP contribution in [-0.4, -0.2) is 21.3 Å². The van der Waals surface area contributed by atoms with Gasteiger partial charge < -0.3 is 14.2 Å². The first-order valence-corrected chi connectivity index (χ1v) is 6.33. The topological polar surface area (TPSA) is 51.5 Å². The second kappa shape index (κ2) is 7.12. The molecule has 5 heteroatoms. The fourth-order valence-electron chi connectivity index (χ4n) is 1.78. The van der Waals surface area contributed by atoms with Gasteiger partial charge in [-0.3, -0.25) is 0 Å². The summed E-state index contributed by atoms with van der Waals surface area (Å²) in [4.78, 5) is 0. The third-order valence-electron chi connectivity index (χ3n) is 2.57. The number of hydrogen-bond donors (Lipinski definition) is 0. The molecule has 0 aliphatic heterocycles. The number of nitriles is 1. The Morgan fingerprint density at radius 1 is 1.11 bits per heavy atom. The lowest BCUT2D eigenvalue weighted by atomic mass is 10.1. The van der Waals surface area contributed by atoms with E-state index in [4.69, 9.17) is 19.5 Å². The van der Waals surface area contributed by atoms with Crippen LogP contribution in [-0.2, 0) is 6.42 Å². The number of methoxy groups -OCH3 is 3. The van der Waals surface area contributed by atoms with Crippen molar-refractivity contribution in [1.29, 1.82) is 5.26 Å². The van der Waals surface area contributed by atoms with E-state index in [0.717, 1.165) is 22.9 Å². The van der Waals surface area contributed by atoms with Gasteiger partial charge in [-0.2, -0.15) is 5.26 Å². The quantitative estimate of drug-likeness (QED) is 0.756. The number of ether oxygens (including phenoxy) is 3. The summed E-state index contributed by atoms with van der Waals surface area (Å²) in [5.41, 5.74) is 0.997. The van der Waals surface area contributed by atoms with Crippen molar-refractivity contribution in [3.8, 4) is 23.3 Å². The minimum absolute atomic E-state index is 0.523. The van der Waals surface area contributed by atoms with E-state index in [1.54, 1.807) is 21.3 Å². The summed E-state index contributed by atoms with van der Waals surface area (Å²) in [5, 5.41) is 8.57. The maximum absolute atomic E-state index is 8.57. The van der Waals surface area contributed by atoms with Crippen molar-refractivity contribution in [2.45, 2.75) is 19.3 Å². The van der Waals surface area contributed by atoms with E-state index in [1.807, 2.05) is 6.07 Å². The third-order valence-corrected chi connectivity index (χ3v) is 3.16. The maximum atomic E-state index is 8.57. The lowest BCUT2D eigenvalue weighted by Gasteiger charge is -2.17. The van der Waals surface area contributed by atoms with Crippen molar-refractivity contribution >= 4 is 15.9 Å². The summed E-state index contributed by atoms with van der Waals surface area (Å²) < 4.78 is 16.8. The van der Waals surface area contributed by atoms with Crippen molar-refractivity contribution in [2.75, 3.05) is 21.3 Å². The molecular weight excluding hydrogens is 298 g/mol. The summed E-state index contributed by atoms with van der Waals surface area (Å²) in [6, 6.07) is 4.07. The predicted octanol–water partition coefficient (Wildman–Crippen LogP) is 3.32. The van der Waals surface area contributed by atoms with Crippen LogP contribution in [0.25, 0.3) is 0 Å². The molecule has 1 aromatic rings. The monoisotopic (exact) mass is 313 g/mol. The summed E-state index contributed by atoms with van der Waals surface area (Å²) in [5.74, 6) is 1.84. The summed E-state index contributed by atoms with van der Waals surface area (Å²) in [6.45, 7) is 0. The molecule has 0 N–H and O–H groups in total. The number of rotatable bonds is 6. The van der Waals surface area contributed by atoms with Crippen LogP contribution >= 0.6 is 15.9 Å². The number of benzene rings is 1. The number of unbranched alkanes of at least 4 members (excludes halogenated alkanes) is 1. The number of hydrogen-bond acceptors (Lipinski definition) is 4. The van der Waals surface area contributed by atoms with Gasteiger partial charge in [0.2, 0.25) is 5.75 Å². The van der Waals surface area contributed by atoms with Crippen LogP contribution < -0.4 is 14.2 Å². The Morgan fingerprint density at radius 2 is 1.72 bits per heavy atom. The van der Waals surface area contributed by atoms with E-state index in [9.17, 15) is 0 Å². The molecule has 0 bridgehead atoms. The minimum atomic E-state index is 0.523. The van der Waals surface area contributed by atoms with E-state index >= 15 is 0 Å². The largest absolute Gasteiger partial charge is 0.492 e. The first kappa shape index (κ1) is 14.7. The number of halogens is 1. The SMILES string of the molecule is COc1c(Br)cc(CCCC#N)c(OC)c1OC. The molecule has 0 amide bonds. The zero-order valence-corrected chi connectivity index (χ0v) is 12.3. The Bertz CT molecular complexity index is 455. The summed E-state index contributed by atoms with van der Waals surface area (Å²) >= 11 is 3.45. The van der Waals surface area contributed by atoms with Crippen LogP contribution in [0.15, 0.2) is 10.5 Å². The smallest absolute Gasteiger partial charge is 0.204 e. The molecular formula is C13H16BrNO3. The van der Waals surface area contributed by atoms with Crippen molar-refractivity contribution in [3.63, 3.8) is 0 Å². The van der Waals surface area contributed by atoms with Gasteiger partial charge >= 0.3 is 0 Å². The highest BCUT2D eigenvalue weighted by atomic mass is 79.9. The molecule has 0 unspecified atom stereocenters. The van der Waals surface area contributed by atoms with Gasteiger partial charge in [0, 0.05) is 6.42 Å². The highest BCUT2D eigenvalue weighted by Crippen LogP contribution is 2.45. The first-order valence-electron chi connectivity index (χ1n) is 5.53. The van der Waals surface area contributed by atoms with Crippen molar-refractivity contribution in [1.82, 2.24) is 0 Å². The molecule has 0 aliphatic carbocycles. The van der Waals surface area contributed by atoms with Crippen LogP contribution in [0.4, 0.5) is 0 Å². The lowest BCUT2D eigenvalue weighted by molar-refractivity contribution is 0.320. The zero-order chi connectivity index (χ0) is 13.5. The molecule has 1 rings (SSSR count). The van der Waals surface area contributed by atoms with Gasteiger partial charge in [0.25, 0.3) is 0 Å². The minimum Gasteiger partial charge on any atom is -0.492 e. The Labute approximate surface area is 116 Å². The van der Waals surface area contributed by atoms with Crippen LogP contribution in [0.2, 0.25) is 0 Å². The Hall–Kier alpha value is -1.41. The van der Waals surface area contributed by atoms with Crippen molar-refractivity contribution in [3.05, 3.63) is 16.1 Å². The van der Waals surface area contributed by atoms with Crippen LogP contribution in [0.1, 0.15) is 18.4 Å². The Balaban J connectivity index is 3.18. The fraction of sp³-hybridized carbons (Fsp3) is 0.462. The van der Waals surface area contributed by atoms with E-state index in [-0.39, 0.29) is 0 Å². The van der Waals surface area contributed by atoms with Crippen molar-refractivity contribution < 1.29 is 14.2 Å². The highest BCUT2D eigenvalue weighted by Gasteiger charge is 2.19. The molecule has 0 atom stereocenters. The van der Waals surface area contributed by atoms with Gasteiger partial charge in [0.15, 0.2) is 11.5 Å². The second-order valence-electron chi connectivity index (χ2n) is 3.63. The molecule has 0 saturated heterocycles. The molecule has 0 aliphatic rings. The van der Waals surface area contributed by atoms with Crippen LogP contribution in [0.5, 0.6) is 17.2 Å². The Morgan fingerprint density at radius 3 is 2.22 bits per heavy atom. The van der Waals surface area contributed by atoms with E-state index in [1.165, 1.54) is 0 Å². The Kier molecular flexibility index (Phi) is 5.79. The van der Waals surface area contributed by atoms with Crippen LogP contribution in [0, 0.1) is 11.3 Å². The molecule has 4 nitrogen and oxygen atoms in total. The molecule has 0 radical (unpaired) electrons. The average molecular weight is 314 g/mol. The lowest BCUT2D eigenvalue weighted by Crippen LogP contribution is -2.00. The van der Waals surface area contributed by atoms with Crippen LogP contribution in [0.3, 0.4) is 0 Å². The molecule has 98 valence electrons. The van der Waals surface area contributed by atoms with Crippen molar-refractivity contribution in [2.24, 2.45) is 0 Å². The third kappa shape index (κ3) is 3.08. The molecule has 0 spiro atoms. The standard InChI is InChI=1S/C13H16BrNO3/c1-16-11-9(6-4-5-7-15)8-10(14)12(17-2)13(11)18-3/h8H,4-6H2,1-3H3. The van der Waals surface area contributed by atoms with E-state index in [0.29, 0.717) is 23.7 Å². The number of nitrogens with zero attached hydrogens (tertiary/aromatic N) is 1. The molecule has 0 saturated carbocycles.